The standard InChI is InChI=1S/C22H21FN4OS/c1-2-18-24-22-27(25-18)21(28)20(29-22)19(15-7-9-17(23)10-8-15)26-12-11-14-5-3-4-6-16(14)13-26/h3-10,19,28H,2,11-13H2,1H3/t19-/m0/s1. The zero-order valence-corrected chi connectivity index (χ0v) is 16.9. The molecule has 3 heterocycles. The van der Waals surface area contributed by atoms with Gasteiger partial charge in [0.1, 0.15) is 5.82 Å². The van der Waals surface area contributed by atoms with Crippen molar-refractivity contribution in [3.8, 4) is 5.88 Å². The van der Waals surface area contributed by atoms with Crippen molar-refractivity contribution in [1.82, 2.24) is 19.5 Å². The Labute approximate surface area is 172 Å². The van der Waals surface area contributed by atoms with E-state index < -0.39 is 0 Å². The van der Waals surface area contributed by atoms with Gasteiger partial charge in [0.15, 0.2) is 5.82 Å². The number of aromatic nitrogens is 3. The molecule has 0 spiro atoms. The molecule has 0 saturated heterocycles. The van der Waals surface area contributed by atoms with E-state index in [-0.39, 0.29) is 17.7 Å². The van der Waals surface area contributed by atoms with Crippen LogP contribution < -0.4 is 0 Å². The molecule has 0 amide bonds. The van der Waals surface area contributed by atoms with Crippen LogP contribution >= 0.6 is 11.3 Å². The number of hydrogen-bond donors (Lipinski definition) is 1. The van der Waals surface area contributed by atoms with Crippen LogP contribution in [0, 0.1) is 5.82 Å². The van der Waals surface area contributed by atoms with E-state index in [2.05, 4.69) is 39.2 Å². The molecule has 1 aliphatic heterocycles. The molecule has 4 aromatic rings. The summed E-state index contributed by atoms with van der Waals surface area (Å²) in [6.07, 6.45) is 1.66. The Morgan fingerprint density at radius 2 is 1.90 bits per heavy atom. The minimum atomic E-state index is -0.268. The number of nitrogens with zero attached hydrogens (tertiary/aromatic N) is 4. The molecule has 5 rings (SSSR count). The molecule has 0 unspecified atom stereocenters. The lowest BCUT2D eigenvalue weighted by Crippen LogP contribution is -2.34. The fraction of sp³-hybridized carbons (Fsp3) is 0.273. The molecule has 5 nitrogen and oxygen atoms in total. The second-order valence-electron chi connectivity index (χ2n) is 7.31. The van der Waals surface area contributed by atoms with Crippen LogP contribution in [0.5, 0.6) is 5.88 Å². The molecule has 7 heteroatoms. The summed E-state index contributed by atoms with van der Waals surface area (Å²) in [4.78, 5) is 8.32. The quantitative estimate of drug-likeness (QED) is 0.546. The van der Waals surface area contributed by atoms with E-state index >= 15 is 0 Å². The van der Waals surface area contributed by atoms with Gasteiger partial charge in [-0.15, -0.1) is 5.10 Å². The van der Waals surface area contributed by atoms with E-state index in [0.717, 1.165) is 30.0 Å². The summed E-state index contributed by atoms with van der Waals surface area (Å²) in [5.74, 6) is 0.560. The third kappa shape index (κ3) is 3.20. The molecule has 29 heavy (non-hydrogen) atoms. The first-order valence-electron chi connectivity index (χ1n) is 9.77. The molecule has 1 N–H and O–H groups in total. The Kier molecular flexibility index (Phi) is 4.56. The maximum absolute atomic E-state index is 13.6. The van der Waals surface area contributed by atoms with Crippen LogP contribution in [0.3, 0.4) is 0 Å². The molecule has 1 aliphatic rings. The van der Waals surface area contributed by atoms with Gasteiger partial charge in [0.2, 0.25) is 10.8 Å². The third-order valence-electron chi connectivity index (χ3n) is 5.52. The second kappa shape index (κ2) is 7.24. The highest BCUT2D eigenvalue weighted by Gasteiger charge is 2.31. The summed E-state index contributed by atoms with van der Waals surface area (Å²) in [7, 11) is 0. The van der Waals surface area contributed by atoms with Crippen LogP contribution in [0.4, 0.5) is 4.39 Å². The number of aryl methyl sites for hydroxylation is 1. The summed E-state index contributed by atoms with van der Waals surface area (Å²) >= 11 is 1.45. The van der Waals surface area contributed by atoms with Crippen LogP contribution in [-0.2, 0) is 19.4 Å². The first kappa shape index (κ1) is 18.3. The van der Waals surface area contributed by atoms with Gasteiger partial charge in [0.25, 0.3) is 0 Å². The van der Waals surface area contributed by atoms with Gasteiger partial charge in [-0.3, -0.25) is 4.90 Å². The zero-order valence-electron chi connectivity index (χ0n) is 16.0. The van der Waals surface area contributed by atoms with Crippen molar-refractivity contribution in [3.05, 3.63) is 81.7 Å². The van der Waals surface area contributed by atoms with Gasteiger partial charge in [-0.1, -0.05) is 54.7 Å². The van der Waals surface area contributed by atoms with Gasteiger partial charge < -0.3 is 5.11 Å². The average molecular weight is 409 g/mol. The molecule has 2 aromatic heterocycles. The SMILES string of the molecule is CCc1nc2sc([C@H](c3ccc(F)cc3)N3CCc4ccccc4C3)c(O)n2n1. The van der Waals surface area contributed by atoms with Crippen molar-refractivity contribution in [2.45, 2.75) is 32.4 Å². The van der Waals surface area contributed by atoms with Crippen LogP contribution in [0.2, 0.25) is 0 Å². The van der Waals surface area contributed by atoms with E-state index in [1.165, 1.54) is 39.1 Å². The van der Waals surface area contributed by atoms with Gasteiger partial charge in [0.05, 0.1) is 10.9 Å². The number of benzene rings is 2. The minimum absolute atomic E-state index is 0.116. The second-order valence-corrected chi connectivity index (χ2v) is 8.32. The van der Waals surface area contributed by atoms with Crippen LogP contribution in [0.25, 0.3) is 4.96 Å². The van der Waals surface area contributed by atoms with Gasteiger partial charge >= 0.3 is 0 Å². The number of halogens is 1. The Hall–Kier alpha value is -2.77. The van der Waals surface area contributed by atoms with Gasteiger partial charge in [0, 0.05) is 19.5 Å². The topological polar surface area (TPSA) is 53.7 Å². The van der Waals surface area contributed by atoms with Crippen LogP contribution in [-0.4, -0.2) is 31.1 Å². The molecular weight excluding hydrogens is 387 g/mol. The Balaban J connectivity index is 1.61. The predicted molar refractivity (Wildman–Crippen MR) is 111 cm³/mol. The maximum atomic E-state index is 13.6. The number of rotatable bonds is 4. The van der Waals surface area contributed by atoms with E-state index in [1.54, 1.807) is 12.1 Å². The van der Waals surface area contributed by atoms with Crippen molar-refractivity contribution in [1.29, 1.82) is 0 Å². The number of hydrogen-bond acceptors (Lipinski definition) is 5. The monoisotopic (exact) mass is 408 g/mol. The summed E-state index contributed by atoms with van der Waals surface area (Å²) in [6, 6.07) is 14.8. The number of fused-ring (bicyclic) bond motifs is 2. The highest BCUT2D eigenvalue weighted by Crippen LogP contribution is 2.41. The van der Waals surface area contributed by atoms with Gasteiger partial charge in [-0.05, 0) is 35.2 Å². The smallest absolute Gasteiger partial charge is 0.230 e. The number of thiazole rings is 1. The fourth-order valence-corrected chi connectivity index (χ4v) is 5.17. The molecule has 0 bridgehead atoms. The van der Waals surface area contributed by atoms with Crippen molar-refractivity contribution in [3.63, 3.8) is 0 Å². The normalized spacial score (nSPS) is 15.5. The first-order chi connectivity index (χ1) is 14.1. The highest BCUT2D eigenvalue weighted by atomic mass is 32.1. The van der Waals surface area contributed by atoms with Crippen LogP contribution in [0.1, 0.15) is 40.4 Å². The summed E-state index contributed by atoms with van der Waals surface area (Å²) < 4.78 is 15.1. The summed E-state index contributed by atoms with van der Waals surface area (Å²) in [5, 5.41) is 15.4. The molecule has 0 aliphatic carbocycles. The van der Waals surface area contributed by atoms with Crippen molar-refractivity contribution < 1.29 is 9.50 Å². The number of aromatic hydroxyl groups is 1. The molecular formula is C22H21FN4OS. The lowest BCUT2D eigenvalue weighted by atomic mass is 9.96. The van der Waals surface area contributed by atoms with E-state index in [9.17, 15) is 9.50 Å². The van der Waals surface area contributed by atoms with E-state index in [4.69, 9.17) is 0 Å². The fourth-order valence-electron chi connectivity index (χ4n) is 4.03. The minimum Gasteiger partial charge on any atom is -0.492 e. The van der Waals surface area contributed by atoms with Gasteiger partial charge in [-0.2, -0.15) is 4.52 Å². The predicted octanol–water partition coefficient (Wildman–Crippen LogP) is 4.35. The Bertz CT molecular complexity index is 1170. The van der Waals surface area contributed by atoms with Crippen LogP contribution in [0.15, 0.2) is 48.5 Å². The summed E-state index contributed by atoms with van der Waals surface area (Å²) in [5.41, 5.74) is 3.60. The lowest BCUT2D eigenvalue weighted by molar-refractivity contribution is 0.205. The third-order valence-corrected chi connectivity index (χ3v) is 6.59. The molecule has 0 fully saturated rings. The van der Waals surface area contributed by atoms with Crippen molar-refractivity contribution in [2.24, 2.45) is 0 Å². The molecule has 148 valence electrons. The molecule has 1 atom stereocenters. The van der Waals surface area contributed by atoms with Crippen molar-refractivity contribution >= 4 is 16.3 Å². The Morgan fingerprint density at radius 1 is 1.14 bits per heavy atom. The lowest BCUT2D eigenvalue weighted by Gasteiger charge is -2.35. The van der Waals surface area contributed by atoms with Crippen molar-refractivity contribution in [2.75, 3.05) is 6.54 Å². The molecule has 0 saturated carbocycles. The zero-order chi connectivity index (χ0) is 20.0. The largest absolute Gasteiger partial charge is 0.492 e. The maximum Gasteiger partial charge on any atom is 0.230 e. The molecule has 0 radical (unpaired) electrons. The van der Waals surface area contributed by atoms with E-state index in [1.807, 2.05) is 6.92 Å². The average Bonchev–Trinajstić information content (AvgIpc) is 3.29. The highest BCUT2D eigenvalue weighted by molar-refractivity contribution is 7.17. The Morgan fingerprint density at radius 3 is 2.62 bits per heavy atom. The first-order valence-corrected chi connectivity index (χ1v) is 10.6. The molecule has 2 aromatic carbocycles. The summed E-state index contributed by atoms with van der Waals surface area (Å²) in [6.45, 7) is 3.61. The van der Waals surface area contributed by atoms with Gasteiger partial charge in [-0.25, -0.2) is 9.37 Å². The van der Waals surface area contributed by atoms with E-state index in [0.29, 0.717) is 17.2 Å².